The number of imidazole rings is 1. The Labute approximate surface area is 121 Å². The number of halogens is 1. The molecular weight excluding hydrogens is 264 g/mol. The summed E-state index contributed by atoms with van der Waals surface area (Å²) in [6.07, 6.45) is 4.18. The molecule has 0 radical (unpaired) electrons. The van der Waals surface area contributed by atoms with Crippen molar-refractivity contribution in [2.24, 2.45) is 7.05 Å². The standard InChI is InChI=1S/C13H24N4O.ClH/c1-11(2)18-9-8-17-7-4-14-10-12(17)13-15-5-6-16(13)3;/h5-6,11-12,14H,4,7-10H2,1-3H3;1H. The minimum absolute atomic E-state index is 0. The topological polar surface area (TPSA) is 42.3 Å². The van der Waals surface area contributed by atoms with Gasteiger partial charge in [0.05, 0.1) is 18.8 Å². The lowest BCUT2D eigenvalue weighted by Gasteiger charge is -2.35. The Balaban J connectivity index is 0.00000180. The molecule has 0 aliphatic carbocycles. The normalized spacial score (nSPS) is 20.5. The van der Waals surface area contributed by atoms with E-state index in [0.29, 0.717) is 12.1 Å². The summed E-state index contributed by atoms with van der Waals surface area (Å²) in [6, 6.07) is 0.356. The summed E-state index contributed by atoms with van der Waals surface area (Å²) in [4.78, 5) is 6.93. The van der Waals surface area contributed by atoms with Crippen molar-refractivity contribution < 1.29 is 4.74 Å². The molecule has 1 aliphatic rings. The van der Waals surface area contributed by atoms with Crippen molar-refractivity contribution in [2.45, 2.75) is 26.0 Å². The first-order valence-electron chi connectivity index (χ1n) is 6.72. The number of nitrogens with one attached hydrogen (secondary N) is 1. The summed E-state index contributed by atoms with van der Waals surface area (Å²) in [7, 11) is 2.06. The zero-order valence-corrected chi connectivity index (χ0v) is 12.8. The zero-order chi connectivity index (χ0) is 13.0. The van der Waals surface area contributed by atoms with E-state index in [1.54, 1.807) is 0 Å². The van der Waals surface area contributed by atoms with Gasteiger partial charge in [-0.05, 0) is 13.8 Å². The molecule has 2 rings (SSSR count). The van der Waals surface area contributed by atoms with Crippen molar-refractivity contribution in [3.8, 4) is 0 Å². The Morgan fingerprint density at radius 2 is 2.32 bits per heavy atom. The molecule has 1 fully saturated rings. The fraction of sp³-hybridized carbons (Fsp3) is 0.769. The van der Waals surface area contributed by atoms with Gasteiger partial charge in [0, 0.05) is 45.6 Å². The van der Waals surface area contributed by atoms with Gasteiger partial charge in [-0.3, -0.25) is 4.90 Å². The molecule has 1 aliphatic heterocycles. The molecular formula is C13H25ClN4O. The highest BCUT2D eigenvalue weighted by atomic mass is 35.5. The minimum atomic E-state index is 0. The van der Waals surface area contributed by atoms with E-state index in [2.05, 4.69) is 40.7 Å². The molecule has 1 aromatic heterocycles. The van der Waals surface area contributed by atoms with Crippen LogP contribution in [0.5, 0.6) is 0 Å². The average Bonchev–Trinajstić information content (AvgIpc) is 2.76. The summed E-state index contributed by atoms with van der Waals surface area (Å²) in [5, 5.41) is 3.44. The highest BCUT2D eigenvalue weighted by molar-refractivity contribution is 5.85. The molecule has 0 saturated carbocycles. The van der Waals surface area contributed by atoms with Gasteiger partial charge in [0.25, 0.3) is 0 Å². The van der Waals surface area contributed by atoms with Crippen LogP contribution >= 0.6 is 12.4 Å². The molecule has 5 nitrogen and oxygen atoms in total. The van der Waals surface area contributed by atoms with E-state index in [0.717, 1.165) is 38.6 Å². The van der Waals surface area contributed by atoms with Crippen LogP contribution in [0.15, 0.2) is 12.4 Å². The third-order valence-electron chi connectivity index (χ3n) is 3.34. The van der Waals surface area contributed by atoms with Crippen molar-refractivity contribution in [2.75, 3.05) is 32.8 Å². The third-order valence-corrected chi connectivity index (χ3v) is 3.34. The second-order valence-electron chi connectivity index (χ2n) is 5.07. The lowest BCUT2D eigenvalue weighted by molar-refractivity contribution is 0.0412. The molecule has 1 N–H and O–H groups in total. The van der Waals surface area contributed by atoms with Gasteiger partial charge in [-0.2, -0.15) is 0 Å². The quantitative estimate of drug-likeness (QED) is 0.884. The lowest BCUT2D eigenvalue weighted by atomic mass is 10.2. The van der Waals surface area contributed by atoms with E-state index < -0.39 is 0 Å². The van der Waals surface area contributed by atoms with Crippen LogP contribution in [0.3, 0.4) is 0 Å². The molecule has 1 unspecified atom stereocenters. The highest BCUT2D eigenvalue weighted by Crippen LogP contribution is 2.19. The van der Waals surface area contributed by atoms with Crippen LogP contribution in [0.2, 0.25) is 0 Å². The summed E-state index contributed by atoms with van der Waals surface area (Å²) < 4.78 is 7.76. The van der Waals surface area contributed by atoms with Gasteiger partial charge < -0.3 is 14.6 Å². The first kappa shape index (κ1) is 16.4. The van der Waals surface area contributed by atoms with Gasteiger partial charge in [-0.15, -0.1) is 12.4 Å². The maximum atomic E-state index is 5.65. The van der Waals surface area contributed by atoms with Crippen molar-refractivity contribution in [1.29, 1.82) is 0 Å². The average molecular weight is 289 g/mol. The molecule has 1 atom stereocenters. The molecule has 1 aromatic rings. The predicted molar refractivity (Wildman–Crippen MR) is 78.7 cm³/mol. The Hall–Kier alpha value is -0.620. The van der Waals surface area contributed by atoms with Crippen LogP contribution in [-0.4, -0.2) is 53.3 Å². The van der Waals surface area contributed by atoms with Gasteiger partial charge in [-0.1, -0.05) is 0 Å². The van der Waals surface area contributed by atoms with Crippen LogP contribution in [0.25, 0.3) is 0 Å². The second kappa shape index (κ2) is 7.85. The zero-order valence-electron chi connectivity index (χ0n) is 12.0. The van der Waals surface area contributed by atoms with Gasteiger partial charge in [0.15, 0.2) is 0 Å². The van der Waals surface area contributed by atoms with Crippen molar-refractivity contribution in [1.82, 2.24) is 19.8 Å². The molecule has 0 aromatic carbocycles. The number of ether oxygens (including phenoxy) is 1. The lowest BCUT2D eigenvalue weighted by Crippen LogP contribution is -2.48. The second-order valence-corrected chi connectivity index (χ2v) is 5.07. The van der Waals surface area contributed by atoms with Gasteiger partial charge in [0.1, 0.15) is 5.82 Å². The molecule has 0 bridgehead atoms. The largest absolute Gasteiger partial charge is 0.377 e. The first-order valence-corrected chi connectivity index (χ1v) is 6.72. The fourth-order valence-corrected chi connectivity index (χ4v) is 2.37. The Morgan fingerprint density at radius 3 is 2.95 bits per heavy atom. The molecule has 0 spiro atoms. The Morgan fingerprint density at radius 1 is 1.53 bits per heavy atom. The van der Waals surface area contributed by atoms with Gasteiger partial charge in [0.2, 0.25) is 0 Å². The van der Waals surface area contributed by atoms with Crippen molar-refractivity contribution in [3.63, 3.8) is 0 Å². The van der Waals surface area contributed by atoms with Gasteiger partial charge in [-0.25, -0.2) is 4.98 Å². The first-order chi connectivity index (χ1) is 8.68. The molecule has 2 heterocycles. The van der Waals surface area contributed by atoms with Crippen LogP contribution < -0.4 is 5.32 Å². The Kier molecular flexibility index (Phi) is 6.79. The maximum absolute atomic E-state index is 5.65. The SMILES string of the molecule is CC(C)OCCN1CCNCC1c1nccn1C.Cl. The molecule has 6 heteroatoms. The van der Waals surface area contributed by atoms with Crippen LogP contribution in [-0.2, 0) is 11.8 Å². The maximum Gasteiger partial charge on any atom is 0.127 e. The van der Waals surface area contributed by atoms with Crippen LogP contribution in [0.4, 0.5) is 0 Å². The number of aromatic nitrogens is 2. The number of aryl methyl sites for hydroxylation is 1. The van der Waals surface area contributed by atoms with E-state index in [1.165, 1.54) is 0 Å². The fourth-order valence-electron chi connectivity index (χ4n) is 2.37. The number of nitrogens with zero attached hydrogens (tertiary/aromatic N) is 3. The van der Waals surface area contributed by atoms with E-state index in [-0.39, 0.29) is 12.4 Å². The number of hydrogen-bond acceptors (Lipinski definition) is 4. The molecule has 19 heavy (non-hydrogen) atoms. The summed E-state index contributed by atoms with van der Waals surface area (Å²) in [5.41, 5.74) is 0. The van der Waals surface area contributed by atoms with Gasteiger partial charge >= 0.3 is 0 Å². The number of rotatable bonds is 5. The van der Waals surface area contributed by atoms with Crippen LogP contribution in [0.1, 0.15) is 25.7 Å². The van der Waals surface area contributed by atoms with E-state index in [9.17, 15) is 0 Å². The number of piperazine rings is 1. The predicted octanol–water partition coefficient (Wildman–Crippen LogP) is 1.21. The third kappa shape index (κ3) is 4.45. The van der Waals surface area contributed by atoms with E-state index >= 15 is 0 Å². The summed E-state index contributed by atoms with van der Waals surface area (Å²) >= 11 is 0. The monoisotopic (exact) mass is 288 g/mol. The summed E-state index contributed by atoms with van der Waals surface area (Å²) in [5.74, 6) is 1.13. The Bertz CT molecular complexity index is 369. The smallest absolute Gasteiger partial charge is 0.127 e. The highest BCUT2D eigenvalue weighted by Gasteiger charge is 2.26. The van der Waals surface area contributed by atoms with Crippen LogP contribution in [0, 0.1) is 0 Å². The minimum Gasteiger partial charge on any atom is -0.377 e. The van der Waals surface area contributed by atoms with Crippen molar-refractivity contribution in [3.05, 3.63) is 18.2 Å². The molecule has 1 saturated heterocycles. The molecule has 0 amide bonds. The van der Waals surface area contributed by atoms with Crippen molar-refractivity contribution >= 4 is 12.4 Å². The van der Waals surface area contributed by atoms with E-state index in [1.807, 2.05) is 12.4 Å². The molecule has 110 valence electrons. The van der Waals surface area contributed by atoms with E-state index in [4.69, 9.17) is 4.74 Å². The summed E-state index contributed by atoms with van der Waals surface area (Å²) in [6.45, 7) is 8.98. The number of hydrogen-bond donors (Lipinski definition) is 1.